The fourth-order valence-corrected chi connectivity index (χ4v) is 5.63. The summed E-state index contributed by atoms with van der Waals surface area (Å²) in [6, 6.07) is 18.5. The molecule has 1 fully saturated rings. The quantitative estimate of drug-likeness (QED) is 0.398. The molecule has 8 nitrogen and oxygen atoms in total. The molecule has 4 aromatic rings. The number of aromatic nitrogens is 4. The summed E-state index contributed by atoms with van der Waals surface area (Å²) in [6.45, 7) is 4.08. The van der Waals surface area contributed by atoms with Crippen LogP contribution in [0, 0.1) is 0 Å². The maximum absolute atomic E-state index is 4.82. The van der Waals surface area contributed by atoms with Gasteiger partial charge in [-0.15, -0.1) is 11.3 Å². The molecule has 10 heteroatoms. The van der Waals surface area contributed by atoms with E-state index in [1.54, 1.807) is 11.3 Å². The highest BCUT2D eigenvalue weighted by Gasteiger charge is 2.22. The van der Waals surface area contributed by atoms with Crippen LogP contribution in [-0.2, 0) is 0 Å². The number of aliphatic imine (C=N–C) groups is 1. The molecule has 0 amide bonds. The normalized spacial score (nSPS) is 15.6. The number of thiophene rings is 1. The lowest BCUT2D eigenvalue weighted by atomic mass is 10.2. The van der Waals surface area contributed by atoms with Crippen LogP contribution in [0.2, 0.25) is 0 Å². The third kappa shape index (κ3) is 5.24. The van der Waals surface area contributed by atoms with Crippen LogP contribution in [0.1, 0.15) is 4.88 Å². The molecule has 0 spiro atoms. The monoisotopic (exact) mass is 512 g/mol. The molecular weight excluding hydrogens is 488 g/mol. The minimum Gasteiger partial charge on any atom is -0.368 e. The average Bonchev–Trinajstić information content (AvgIpc) is 3.62. The van der Waals surface area contributed by atoms with Gasteiger partial charge in [-0.2, -0.15) is 15.0 Å². The van der Waals surface area contributed by atoms with Crippen molar-refractivity contribution in [1.29, 1.82) is 0 Å². The van der Waals surface area contributed by atoms with E-state index in [0.29, 0.717) is 23.6 Å². The molecule has 2 aliphatic heterocycles. The van der Waals surface area contributed by atoms with Gasteiger partial charge >= 0.3 is 0 Å². The largest absolute Gasteiger partial charge is 0.368 e. The number of nitrogens with one attached hydrogen (secondary N) is 1. The van der Waals surface area contributed by atoms with Crippen molar-refractivity contribution in [2.45, 2.75) is 10.1 Å². The highest BCUT2D eigenvalue weighted by atomic mass is 32.2. The fraction of sp³-hybridized carbons (Fsp3) is 0.192. The van der Waals surface area contributed by atoms with Gasteiger partial charge in [-0.05, 0) is 59.1 Å². The zero-order chi connectivity index (χ0) is 24.2. The number of hydrogen-bond donors (Lipinski definition) is 1. The van der Waals surface area contributed by atoms with Crippen molar-refractivity contribution in [3.8, 4) is 0 Å². The average molecular weight is 513 g/mol. The van der Waals surface area contributed by atoms with Crippen molar-refractivity contribution >= 4 is 52.1 Å². The summed E-state index contributed by atoms with van der Waals surface area (Å²) in [5, 5.41) is 6.08. The van der Waals surface area contributed by atoms with Gasteiger partial charge in [0.1, 0.15) is 5.84 Å². The van der Waals surface area contributed by atoms with Crippen molar-refractivity contribution in [2.75, 3.05) is 47.8 Å². The number of anilines is 3. The maximum atomic E-state index is 4.82. The zero-order valence-corrected chi connectivity index (χ0v) is 21.1. The summed E-state index contributed by atoms with van der Waals surface area (Å²) in [7, 11) is 0. The third-order valence-corrected chi connectivity index (χ3v) is 7.77. The molecule has 0 atom stereocenters. The van der Waals surface area contributed by atoms with Gasteiger partial charge < -0.3 is 15.1 Å². The van der Waals surface area contributed by atoms with Crippen molar-refractivity contribution in [3.05, 3.63) is 83.3 Å². The van der Waals surface area contributed by atoms with E-state index >= 15 is 0 Å². The first-order chi connectivity index (χ1) is 17.8. The zero-order valence-electron chi connectivity index (χ0n) is 19.5. The van der Waals surface area contributed by atoms with Crippen molar-refractivity contribution < 1.29 is 0 Å². The van der Waals surface area contributed by atoms with E-state index in [9.17, 15) is 0 Å². The van der Waals surface area contributed by atoms with E-state index < -0.39 is 0 Å². The predicted octanol–water partition coefficient (Wildman–Crippen LogP) is 4.71. The van der Waals surface area contributed by atoms with Crippen molar-refractivity contribution in [1.82, 2.24) is 19.9 Å². The van der Waals surface area contributed by atoms with Gasteiger partial charge in [0.15, 0.2) is 5.16 Å². The van der Waals surface area contributed by atoms with Crippen LogP contribution < -0.4 is 15.1 Å². The third-order valence-electron chi connectivity index (χ3n) is 5.95. The molecule has 0 radical (unpaired) electrons. The number of amidine groups is 1. The van der Waals surface area contributed by atoms with Crippen LogP contribution in [0.15, 0.2) is 93.5 Å². The Morgan fingerprint density at radius 3 is 2.42 bits per heavy atom. The van der Waals surface area contributed by atoms with Crippen molar-refractivity contribution in [3.63, 3.8) is 0 Å². The number of pyridine rings is 1. The summed E-state index contributed by atoms with van der Waals surface area (Å²) in [5.41, 5.74) is 2.39. The Hall–Kier alpha value is -3.76. The van der Waals surface area contributed by atoms with E-state index in [1.807, 2.05) is 30.6 Å². The van der Waals surface area contributed by atoms with Crippen LogP contribution in [0.4, 0.5) is 17.6 Å². The molecule has 36 heavy (non-hydrogen) atoms. The smallest absolute Gasteiger partial charge is 0.234 e. The van der Waals surface area contributed by atoms with E-state index in [-0.39, 0.29) is 0 Å². The second-order valence-electron chi connectivity index (χ2n) is 8.31. The SMILES string of the molecule is C1=C(c2cccs2)CN=C1Nc1nc(Sc2ccccc2)nc(N2CCN(c3ccncc3)CC2)n1. The highest BCUT2D eigenvalue weighted by molar-refractivity contribution is 7.99. The van der Waals surface area contributed by atoms with Gasteiger partial charge in [0.25, 0.3) is 0 Å². The molecule has 1 aromatic carbocycles. The van der Waals surface area contributed by atoms with Crippen LogP contribution in [0.25, 0.3) is 5.57 Å². The van der Waals surface area contributed by atoms with Gasteiger partial charge in [0.05, 0.1) is 6.54 Å². The molecule has 1 N–H and O–H groups in total. The molecule has 1 saturated heterocycles. The summed E-state index contributed by atoms with van der Waals surface area (Å²) >= 11 is 3.26. The molecule has 0 aliphatic carbocycles. The predicted molar refractivity (Wildman–Crippen MR) is 147 cm³/mol. The summed E-state index contributed by atoms with van der Waals surface area (Å²) in [6.07, 6.45) is 5.75. The summed E-state index contributed by atoms with van der Waals surface area (Å²) in [5.74, 6) is 1.97. The van der Waals surface area contributed by atoms with Crippen LogP contribution in [-0.4, -0.2) is 58.5 Å². The summed E-state index contributed by atoms with van der Waals surface area (Å²) in [4.78, 5) is 30.0. The minimum absolute atomic E-state index is 0.512. The lowest BCUT2D eigenvalue weighted by molar-refractivity contribution is 0.634. The topological polar surface area (TPSA) is 82.4 Å². The van der Waals surface area contributed by atoms with Gasteiger partial charge in [0, 0.05) is 54.0 Å². The van der Waals surface area contributed by atoms with E-state index in [1.165, 1.54) is 27.9 Å². The first-order valence-electron chi connectivity index (χ1n) is 11.7. The van der Waals surface area contributed by atoms with E-state index in [2.05, 4.69) is 72.9 Å². The van der Waals surface area contributed by atoms with Gasteiger partial charge in [-0.3, -0.25) is 9.98 Å². The molecule has 3 aromatic heterocycles. The Morgan fingerprint density at radius 2 is 1.64 bits per heavy atom. The maximum Gasteiger partial charge on any atom is 0.234 e. The number of benzene rings is 1. The van der Waals surface area contributed by atoms with E-state index in [4.69, 9.17) is 15.0 Å². The first kappa shape index (κ1) is 22.7. The van der Waals surface area contributed by atoms with E-state index in [0.717, 1.165) is 36.9 Å². The van der Waals surface area contributed by atoms with Crippen LogP contribution in [0.5, 0.6) is 0 Å². The summed E-state index contributed by atoms with van der Waals surface area (Å²) < 4.78 is 0. The lowest BCUT2D eigenvalue weighted by Gasteiger charge is -2.36. The molecular formula is C26H24N8S2. The Balaban J connectivity index is 1.23. The second kappa shape index (κ2) is 10.5. The van der Waals surface area contributed by atoms with Crippen LogP contribution in [0.3, 0.4) is 0 Å². The second-order valence-corrected chi connectivity index (χ2v) is 10.3. The Kier molecular flexibility index (Phi) is 6.60. The molecule has 5 heterocycles. The van der Waals surface area contributed by atoms with Gasteiger partial charge in [-0.1, -0.05) is 24.3 Å². The standard InChI is InChI=1S/C26H24N8S2/c1-2-5-21(6-3-1)36-26-31-24(29-23-17-19(18-28-23)22-7-4-16-35-22)30-25(32-26)34-14-12-33(13-15-34)20-8-10-27-11-9-20/h1-11,16-17H,12-15,18H2,(H,28,29,30,31,32). The molecule has 0 bridgehead atoms. The number of nitrogens with zero attached hydrogens (tertiary/aromatic N) is 7. The van der Waals surface area contributed by atoms with Gasteiger partial charge in [0.2, 0.25) is 11.9 Å². The molecule has 0 unspecified atom stereocenters. The van der Waals surface area contributed by atoms with Crippen LogP contribution >= 0.6 is 23.1 Å². The molecule has 2 aliphatic rings. The highest BCUT2D eigenvalue weighted by Crippen LogP contribution is 2.28. The van der Waals surface area contributed by atoms with Crippen molar-refractivity contribution in [2.24, 2.45) is 4.99 Å². The Bertz CT molecular complexity index is 1370. The molecule has 180 valence electrons. The number of piperazine rings is 1. The lowest BCUT2D eigenvalue weighted by Crippen LogP contribution is -2.47. The number of rotatable bonds is 6. The Morgan fingerprint density at radius 1 is 0.833 bits per heavy atom. The minimum atomic E-state index is 0.512. The molecule has 6 rings (SSSR count). The molecule has 0 saturated carbocycles. The van der Waals surface area contributed by atoms with Gasteiger partial charge in [-0.25, -0.2) is 0 Å². The number of hydrogen-bond acceptors (Lipinski definition) is 10. The fourth-order valence-electron chi connectivity index (χ4n) is 4.13. The first-order valence-corrected chi connectivity index (χ1v) is 13.4. The Labute approximate surface area is 217 Å².